The molecule has 10 saturated carbocycles. The van der Waals surface area contributed by atoms with Gasteiger partial charge in [-0.3, -0.25) is 38.4 Å². The number of hydrogen-bond acceptors (Lipinski definition) is 24. The molecule has 714 valence electrons. The van der Waals surface area contributed by atoms with Gasteiger partial charge in [0.15, 0.2) is 12.0 Å². The molecule has 15 atom stereocenters. The first-order valence-electron chi connectivity index (χ1n) is 47.7. The van der Waals surface area contributed by atoms with Gasteiger partial charge in [-0.25, -0.2) is 4.79 Å². The third kappa shape index (κ3) is 27.2. The van der Waals surface area contributed by atoms with Gasteiger partial charge in [0.05, 0.1) is 44.2 Å². The van der Waals surface area contributed by atoms with Crippen LogP contribution >= 0.6 is 0 Å². The zero-order valence-electron chi connectivity index (χ0n) is 81.4. The lowest BCUT2D eigenvalue weighted by Gasteiger charge is -2.62. The van der Waals surface area contributed by atoms with Gasteiger partial charge in [-0.05, 0) is 263 Å². The average Bonchev–Trinajstić information content (AvgIpc) is 1.50. The molecule has 126 heavy (non-hydrogen) atoms. The van der Waals surface area contributed by atoms with Crippen LogP contribution in [0.2, 0.25) is 0 Å². The Bertz CT molecular complexity index is 3890. The number of rotatable bonds is 28. The second-order valence-electron chi connectivity index (χ2n) is 43.5. The summed E-state index contributed by atoms with van der Waals surface area (Å²) in [6.07, 6.45) is 21.6. The van der Waals surface area contributed by atoms with Crippen molar-refractivity contribution in [2.24, 2.45) is 79.3 Å². The van der Waals surface area contributed by atoms with Gasteiger partial charge < -0.3 is 72.5 Å². The van der Waals surface area contributed by atoms with Crippen LogP contribution in [0.1, 0.15) is 363 Å². The third-order valence-corrected chi connectivity index (χ3v) is 29.9. The molecular formula is C102H162O24. The highest BCUT2D eigenvalue weighted by Gasteiger charge is 2.76. The Balaban J connectivity index is 0.000000207. The molecule has 0 amide bonds. The van der Waals surface area contributed by atoms with Crippen molar-refractivity contribution in [3.63, 3.8) is 0 Å². The van der Waals surface area contributed by atoms with E-state index in [-0.39, 0.29) is 101 Å². The van der Waals surface area contributed by atoms with E-state index >= 15 is 0 Å². The number of carbonyl (C=O) groups is 9. The second-order valence-corrected chi connectivity index (χ2v) is 43.5. The van der Waals surface area contributed by atoms with Crippen LogP contribution in [0.25, 0.3) is 0 Å². The number of carbonyl (C=O) groups excluding carboxylic acids is 9. The fourth-order valence-corrected chi connectivity index (χ4v) is 19.4. The van der Waals surface area contributed by atoms with Crippen molar-refractivity contribution >= 4 is 53.7 Å². The predicted octanol–water partition coefficient (Wildman–Crippen LogP) is 20.1. The molecule has 0 radical (unpaired) electrons. The Morgan fingerprint density at radius 2 is 1.01 bits per heavy atom. The summed E-state index contributed by atoms with van der Waals surface area (Å²) in [5, 5.41) is 39.4. The molecule has 2 aromatic carbocycles. The number of ether oxygens (including phenoxy) is 11. The number of phenolic OH excluding ortho intramolecular Hbond substituents is 2. The molecule has 2 heterocycles. The summed E-state index contributed by atoms with van der Waals surface area (Å²) in [7, 11) is 1.55. The molecule has 24 heteroatoms. The van der Waals surface area contributed by atoms with Crippen LogP contribution in [0.4, 0.5) is 0 Å². The molecule has 12 aliphatic rings. The van der Waals surface area contributed by atoms with Gasteiger partial charge in [0, 0.05) is 69.0 Å². The maximum absolute atomic E-state index is 13.3. The highest BCUT2D eigenvalue weighted by Crippen LogP contribution is 2.64. The van der Waals surface area contributed by atoms with Gasteiger partial charge in [0.25, 0.3) is 0 Å². The molecule has 8 bridgehead atoms. The van der Waals surface area contributed by atoms with E-state index in [0.717, 1.165) is 103 Å². The number of hydrogen-bond donors (Lipinski definition) is 4. The summed E-state index contributed by atoms with van der Waals surface area (Å²) in [5.74, 6) is -0.733. The zero-order chi connectivity index (χ0) is 94.3. The minimum Gasteiger partial charge on any atom is -0.508 e. The average molecular weight is 1770 g/mol. The maximum atomic E-state index is 13.3. The zero-order valence-corrected chi connectivity index (χ0v) is 81.4. The number of methoxy groups -OCH3 is 1. The lowest BCUT2D eigenvalue weighted by Crippen LogP contribution is -2.67. The summed E-state index contributed by atoms with van der Waals surface area (Å²) in [6.45, 7) is 47.5. The maximum Gasteiger partial charge on any atom is 0.346 e. The minimum atomic E-state index is -1.27. The quantitative estimate of drug-likeness (QED) is 0.0266. The molecule has 2 aliphatic heterocycles. The van der Waals surface area contributed by atoms with Crippen molar-refractivity contribution in [3.05, 3.63) is 59.7 Å². The Morgan fingerprint density at radius 3 is 1.48 bits per heavy atom. The molecule has 4 N–H and O–H groups in total. The van der Waals surface area contributed by atoms with Crippen molar-refractivity contribution in [1.82, 2.24) is 0 Å². The highest BCUT2D eigenvalue weighted by molar-refractivity contribution is 6.03. The monoisotopic (exact) mass is 1770 g/mol. The summed E-state index contributed by atoms with van der Waals surface area (Å²) in [4.78, 5) is 110. The lowest BCUT2D eigenvalue weighted by atomic mass is 9.50. The molecule has 2 saturated heterocycles. The van der Waals surface area contributed by atoms with Crippen LogP contribution in [-0.4, -0.2) is 154 Å². The van der Waals surface area contributed by atoms with E-state index in [0.29, 0.717) is 87.2 Å². The van der Waals surface area contributed by atoms with Crippen molar-refractivity contribution in [1.29, 1.82) is 0 Å². The largest absolute Gasteiger partial charge is 0.508 e. The smallest absolute Gasteiger partial charge is 0.346 e. The molecule has 12 fully saturated rings. The Kier molecular flexibility index (Phi) is 37.0. The fourth-order valence-electron chi connectivity index (χ4n) is 19.4. The van der Waals surface area contributed by atoms with Gasteiger partial charge in [-0.1, -0.05) is 140 Å². The first-order valence-corrected chi connectivity index (χ1v) is 47.7. The van der Waals surface area contributed by atoms with Gasteiger partial charge in [-0.15, -0.1) is 0 Å². The van der Waals surface area contributed by atoms with Crippen LogP contribution in [0.5, 0.6) is 11.5 Å². The standard InChI is InChI=1S/C23H34O7.C16H30O5.C16H26O4.C14H20O4.C12H22O2.C11H16O.C10H14O/c1-5-22(2,3)19(24)28-16-14-11-15-17(16)29-20(25)23(15,12-14)21(26)30-18(27-4)13-9-7-6-8-10-13;1-8-16(6,7)14(18)20-11-12(17)21-13(19-9-2)10-15(3,4)5;1-4-13(2,3)12(17)20-16-7-11-5-14(18,9-16)8-15(19,6-11)10-16;1-4-14(2,3)13(16)18-10-7-5-8-9(6-7)12(15)17-11(8)10;1-4-12(2,3)11(13)14-10-8-6-5-7-9-10;1-4-11(2,3)9-5-7-10(12)8-6-9;1-3-8(2)9-4-6-10(11)7-5-9/h13-18H,5-12H2,1-4H3;13H,8-11H2,1-7H3;11,18-19H,4-10H2,1-3H3;7-11H,4-6H2,1-3H3;10H,4-9H2,1-3H3;5-8,12H,4H2,1-3H3;4-8,11H,3H2,1-2H3. The normalized spacial score (nSPS) is 28.6. The van der Waals surface area contributed by atoms with E-state index in [9.17, 15) is 53.4 Å². The van der Waals surface area contributed by atoms with Crippen molar-refractivity contribution in [2.75, 3.05) is 20.3 Å². The van der Waals surface area contributed by atoms with Crippen LogP contribution < -0.4 is 0 Å². The van der Waals surface area contributed by atoms with E-state index in [1.165, 1.54) is 36.8 Å². The molecule has 14 rings (SSSR count). The molecule has 15 unspecified atom stereocenters. The number of benzene rings is 2. The van der Waals surface area contributed by atoms with Crippen LogP contribution in [-0.2, 0) is 101 Å². The van der Waals surface area contributed by atoms with Crippen molar-refractivity contribution < 1.29 is 116 Å². The van der Waals surface area contributed by atoms with E-state index in [1.807, 2.05) is 142 Å². The Labute approximate surface area is 753 Å². The molecule has 0 spiro atoms. The third-order valence-electron chi connectivity index (χ3n) is 29.9. The van der Waals surface area contributed by atoms with Gasteiger partial charge >= 0.3 is 53.7 Å². The molecule has 0 aromatic heterocycles. The van der Waals surface area contributed by atoms with E-state index in [1.54, 1.807) is 45.2 Å². The van der Waals surface area contributed by atoms with E-state index in [4.69, 9.17) is 62.3 Å². The van der Waals surface area contributed by atoms with E-state index < -0.39 is 92.5 Å². The van der Waals surface area contributed by atoms with Crippen LogP contribution in [0, 0.1) is 79.3 Å². The Hall–Kier alpha value is -6.89. The second kappa shape index (κ2) is 43.9. The first-order chi connectivity index (χ1) is 58.6. The molecular weight excluding hydrogens is 1610 g/mol. The van der Waals surface area contributed by atoms with Gasteiger partial charge in [0.2, 0.25) is 12.6 Å². The number of phenols is 2. The van der Waals surface area contributed by atoms with Gasteiger partial charge in [-0.2, -0.15) is 0 Å². The number of aromatic hydroxyl groups is 2. The summed E-state index contributed by atoms with van der Waals surface area (Å²) < 4.78 is 60.8. The molecule has 2 aromatic rings. The van der Waals surface area contributed by atoms with E-state index in [2.05, 4.69) is 34.6 Å². The number of esters is 9. The van der Waals surface area contributed by atoms with Crippen LogP contribution in [0.15, 0.2) is 48.5 Å². The van der Waals surface area contributed by atoms with Crippen molar-refractivity contribution in [3.8, 4) is 11.5 Å². The topological polar surface area (TPSA) is 336 Å². The fraction of sp³-hybridized carbons (Fsp3) is 0.794. The predicted molar refractivity (Wildman–Crippen MR) is 479 cm³/mol. The minimum absolute atomic E-state index is 0.0214. The number of fused-ring (bicyclic) bond motifs is 2. The van der Waals surface area contributed by atoms with Crippen molar-refractivity contribution in [2.45, 2.75) is 417 Å². The Morgan fingerprint density at radius 1 is 0.524 bits per heavy atom. The molecule has 10 aliphatic carbocycles. The highest BCUT2D eigenvalue weighted by atomic mass is 16.7. The summed E-state index contributed by atoms with van der Waals surface area (Å²) in [5.41, 5.74) is -3.29. The summed E-state index contributed by atoms with van der Waals surface area (Å²) in [6, 6.07) is 14.9. The SMILES string of the molecule is CCC(C)(C)C(=O)OC12CC3CC(O)(CC(O)(C3)C1)C2.CCC(C)(C)C(=O)OC1C2CC3C(=O)OC1C3C2.CCC(C)(C)C(=O)OC1C2CC3C1OC(=O)C3(C(=O)OC(OC)C1CCCCC1)C2.CCC(C)(C)C(=O)OC1CCCCC1.CCC(C)(C)c1ccc(O)cc1.CCC(C)c1ccc(O)cc1.CCOC(CC(C)(C)C)OC(=O)COC(=O)C(C)(C)CC. The lowest BCUT2D eigenvalue weighted by molar-refractivity contribution is -0.264. The number of aliphatic hydroxyl groups is 2. The summed E-state index contributed by atoms with van der Waals surface area (Å²) >= 11 is 0. The van der Waals surface area contributed by atoms with Crippen LogP contribution in [0.3, 0.4) is 0 Å². The molecule has 24 nitrogen and oxygen atoms in total. The van der Waals surface area contributed by atoms with Gasteiger partial charge in [0.1, 0.15) is 47.6 Å². The first kappa shape index (κ1) is 106.